The number of rotatable bonds is 8. The molecule has 3 fully saturated rings. The Morgan fingerprint density at radius 2 is 1.93 bits per heavy atom. The maximum Gasteiger partial charge on any atom is 0.255 e. The molecule has 2 aliphatic heterocycles. The van der Waals surface area contributed by atoms with Crippen molar-refractivity contribution in [3.05, 3.63) is 88.2 Å². The number of amides is 2. The van der Waals surface area contributed by atoms with E-state index in [4.69, 9.17) is 0 Å². The fraction of sp³-hybridized carbons (Fsp3) is 0.394. The molecule has 9 rings (SSSR count). The monoisotopic (exact) mass is 596 g/mol. The van der Waals surface area contributed by atoms with Crippen molar-refractivity contribution in [2.75, 3.05) is 26.0 Å². The third kappa shape index (κ3) is 4.17. The molecule has 43 heavy (non-hydrogen) atoms. The highest BCUT2D eigenvalue weighted by molar-refractivity contribution is 7.13. The lowest BCUT2D eigenvalue weighted by molar-refractivity contribution is -0.151. The second-order valence-electron chi connectivity index (χ2n) is 13.1. The second-order valence-corrected chi connectivity index (χ2v) is 14.0. The topological polar surface area (TPSA) is 83.4 Å². The van der Waals surface area contributed by atoms with Crippen LogP contribution in [0.3, 0.4) is 0 Å². The van der Waals surface area contributed by atoms with Gasteiger partial charge in [0.1, 0.15) is 5.82 Å². The summed E-state index contributed by atoms with van der Waals surface area (Å²) in [5.74, 6) is -1.21. The molecule has 5 aliphatic rings. The average molecular weight is 597 g/mol. The third-order valence-electron chi connectivity index (χ3n) is 9.91. The third-order valence-corrected chi connectivity index (χ3v) is 10.6. The van der Waals surface area contributed by atoms with Crippen LogP contribution in [0.25, 0.3) is 11.1 Å². The molecule has 8 nitrogen and oxygen atoms in total. The fourth-order valence-corrected chi connectivity index (χ4v) is 8.86. The van der Waals surface area contributed by atoms with Crippen LogP contribution in [0.4, 0.5) is 9.52 Å². The highest BCUT2D eigenvalue weighted by atomic mass is 32.1. The van der Waals surface area contributed by atoms with Gasteiger partial charge >= 0.3 is 0 Å². The van der Waals surface area contributed by atoms with Gasteiger partial charge in [-0.25, -0.2) is 14.4 Å². The first kappa shape index (κ1) is 26.7. The number of nitrogens with zero attached hydrogens (tertiary/aromatic N) is 5. The van der Waals surface area contributed by atoms with Gasteiger partial charge < -0.3 is 14.4 Å². The number of hydrogen-bond donors (Lipinski definition) is 1. The number of imidazole rings is 1. The number of carbonyl (C=O) groups is 2. The minimum atomic E-state index is -0.996. The molecule has 2 aromatic heterocycles. The Morgan fingerprint density at radius 1 is 1.14 bits per heavy atom. The number of thiazole rings is 1. The quantitative estimate of drug-likeness (QED) is 0.294. The summed E-state index contributed by atoms with van der Waals surface area (Å²) in [6, 6.07) is 10.7. The molecule has 3 aliphatic carbocycles. The van der Waals surface area contributed by atoms with Crippen LogP contribution < -0.4 is 5.32 Å². The molecular formula is C33H33FN6O2S. The number of hydrogen-bond acceptors (Lipinski definition) is 6. The lowest BCUT2D eigenvalue weighted by Gasteiger charge is -2.72. The molecule has 0 radical (unpaired) electrons. The van der Waals surface area contributed by atoms with Gasteiger partial charge in [-0.1, -0.05) is 24.3 Å². The van der Waals surface area contributed by atoms with E-state index in [0.29, 0.717) is 32.9 Å². The van der Waals surface area contributed by atoms with Crippen molar-refractivity contribution < 1.29 is 14.0 Å². The van der Waals surface area contributed by atoms with E-state index in [1.165, 1.54) is 47.1 Å². The Balaban J connectivity index is 1.07. The molecule has 10 heteroatoms. The molecule has 0 saturated heterocycles. The number of aromatic nitrogens is 3. The predicted octanol–water partition coefficient (Wildman–Crippen LogP) is 5.41. The number of fused-ring (bicyclic) bond motifs is 2. The molecule has 1 atom stereocenters. The van der Waals surface area contributed by atoms with E-state index in [-0.39, 0.29) is 17.9 Å². The molecule has 4 aromatic rings. The summed E-state index contributed by atoms with van der Waals surface area (Å²) in [5.41, 5.74) is 5.75. The molecule has 2 bridgehead atoms. The fourth-order valence-electron chi connectivity index (χ4n) is 8.32. The Labute approximate surface area is 253 Å². The van der Waals surface area contributed by atoms with Gasteiger partial charge in [0.25, 0.3) is 11.8 Å². The van der Waals surface area contributed by atoms with Gasteiger partial charge in [0, 0.05) is 41.5 Å². The molecule has 4 heterocycles. The first-order valence-electron chi connectivity index (χ1n) is 14.9. The lowest BCUT2D eigenvalue weighted by atomic mass is 9.33. The number of anilines is 1. The van der Waals surface area contributed by atoms with Gasteiger partial charge in [-0.15, -0.1) is 11.3 Å². The summed E-state index contributed by atoms with van der Waals surface area (Å²) >= 11 is 1.30. The van der Waals surface area contributed by atoms with Crippen molar-refractivity contribution >= 4 is 28.3 Å². The maximum atomic E-state index is 15.7. The van der Waals surface area contributed by atoms with Crippen molar-refractivity contribution in [2.24, 2.45) is 5.41 Å². The molecule has 2 aromatic carbocycles. The molecule has 2 amide bonds. The summed E-state index contributed by atoms with van der Waals surface area (Å²) in [5, 5.41) is 5.07. The summed E-state index contributed by atoms with van der Waals surface area (Å²) in [4.78, 5) is 40.1. The Bertz CT molecular complexity index is 1740. The van der Waals surface area contributed by atoms with Crippen LogP contribution in [0.1, 0.15) is 64.6 Å². The van der Waals surface area contributed by atoms with E-state index in [9.17, 15) is 9.59 Å². The second kappa shape index (κ2) is 9.56. The van der Waals surface area contributed by atoms with Crippen LogP contribution in [0.2, 0.25) is 0 Å². The van der Waals surface area contributed by atoms with E-state index in [2.05, 4.69) is 46.4 Å². The van der Waals surface area contributed by atoms with Crippen molar-refractivity contribution in [1.82, 2.24) is 24.3 Å². The first-order valence-corrected chi connectivity index (χ1v) is 15.8. The van der Waals surface area contributed by atoms with E-state index in [1.807, 2.05) is 16.7 Å². The lowest BCUT2D eigenvalue weighted by Crippen LogP contribution is -2.67. The number of nitrogens with one attached hydrogen (secondary N) is 1. The normalized spacial score (nSPS) is 24.0. The SMILES string of the molecule is CN(C)CC12CC(c3ccc(-c4cc(F)c5c(c4)C(=O)N(C(C(=O)Nc4nccs4)c4ncn6c4CCC6)C5)cc3)(C1)C2. The number of carbonyl (C=O) groups excluding carboxylic acids is 2. The largest absolute Gasteiger partial charge is 0.334 e. The zero-order valence-electron chi connectivity index (χ0n) is 24.3. The maximum absolute atomic E-state index is 15.7. The molecule has 3 saturated carbocycles. The molecule has 1 unspecified atom stereocenters. The Kier molecular flexibility index (Phi) is 5.94. The number of halogens is 1. The molecule has 0 spiro atoms. The highest BCUT2D eigenvalue weighted by Gasteiger charge is 2.67. The van der Waals surface area contributed by atoms with E-state index >= 15 is 4.39 Å². The van der Waals surface area contributed by atoms with Gasteiger partial charge in [-0.05, 0) is 85.9 Å². The van der Waals surface area contributed by atoms with Crippen molar-refractivity contribution in [3.63, 3.8) is 0 Å². The average Bonchev–Trinajstić information content (AvgIpc) is 3.74. The summed E-state index contributed by atoms with van der Waals surface area (Å²) in [6.45, 7) is 1.97. The minimum Gasteiger partial charge on any atom is -0.334 e. The number of benzene rings is 2. The van der Waals surface area contributed by atoms with Crippen molar-refractivity contribution in [1.29, 1.82) is 0 Å². The van der Waals surface area contributed by atoms with Gasteiger partial charge in [0.05, 0.1) is 18.6 Å². The molecule has 1 N–H and O–H groups in total. The zero-order valence-corrected chi connectivity index (χ0v) is 25.1. The summed E-state index contributed by atoms with van der Waals surface area (Å²) < 4.78 is 17.7. The van der Waals surface area contributed by atoms with E-state index in [1.54, 1.807) is 24.0 Å². The smallest absolute Gasteiger partial charge is 0.255 e. The highest BCUT2D eigenvalue weighted by Crippen LogP contribution is 2.73. The summed E-state index contributed by atoms with van der Waals surface area (Å²) in [6.07, 6.45) is 8.75. The van der Waals surface area contributed by atoms with Crippen LogP contribution in [0, 0.1) is 11.2 Å². The van der Waals surface area contributed by atoms with Crippen LogP contribution in [0.15, 0.2) is 54.3 Å². The van der Waals surface area contributed by atoms with Crippen LogP contribution in [-0.2, 0) is 29.7 Å². The van der Waals surface area contributed by atoms with Gasteiger partial charge in [-0.2, -0.15) is 0 Å². The Morgan fingerprint density at radius 3 is 2.65 bits per heavy atom. The van der Waals surface area contributed by atoms with Crippen LogP contribution in [0.5, 0.6) is 0 Å². The van der Waals surface area contributed by atoms with Crippen LogP contribution in [-0.4, -0.2) is 56.8 Å². The van der Waals surface area contributed by atoms with Gasteiger partial charge in [-0.3, -0.25) is 14.9 Å². The molecular weight excluding hydrogens is 563 g/mol. The molecule has 220 valence electrons. The summed E-state index contributed by atoms with van der Waals surface area (Å²) in [7, 11) is 4.28. The van der Waals surface area contributed by atoms with Crippen molar-refractivity contribution in [2.45, 2.75) is 56.7 Å². The number of aryl methyl sites for hydroxylation is 1. The van der Waals surface area contributed by atoms with Gasteiger partial charge in [0.15, 0.2) is 11.2 Å². The first-order chi connectivity index (χ1) is 20.7. The predicted molar refractivity (Wildman–Crippen MR) is 162 cm³/mol. The standard InChI is InChI=1S/C33H33FN6O2S/c1-38(2)18-32-15-33(16-32,17-32)22-7-5-20(6-8-22)21-12-23-24(25(34)13-21)14-40(30(23)42)28(29(41)37-31-35-9-11-43-31)27-26-4-3-10-39(26)19-36-27/h5-9,11-13,19,28H,3-4,10,14-18H2,1-2H3,(H,35,37,41). The van der Waals surface area contributed by atoms with Crippen LogP contribution >= 0.6 is 11.3 Å². The van der Waals surface area contributed by atoms with E-state index in [0.717, 1.165) is 37.2 Å². The van der Waals surface area contributed by atoms with Gasteiger partial charge in [0.2, 0.25) is 0 Å². The minimum absolute atomic E-state index is 0.00130. The zero-order chi connectivity index (χ0) is 29.5. The Hall–Kier alpha value is -3.89. The van der Waals surface area contributed by atoms with Crippen molar-refractivity contribution in [3.8, 4) is 11.1 Å². The van der Waals surface area contributed by atoms with E-state index < -0.39 is 17.8 Å².